The molecule has 0 fully saturated rings. The molecule has 2 aromatic heterocycles. The van der Waals surface area contributed by atoms with Crippen LogP contribution in [0.15, 0.2) is 24.4 Å². The number of halogens is 4. The molecule has 0 spiro atoms. The number of pyridine rings is 1. The van der Waals surface area contributed by atoms with Crippen molar-refractivity contribution < 1.29 is 17.6 Å². The lowest BCUT2D eigenvalue weighted by Gasteiger charge is -2.00. The van der Waals surface area contributed by atoms with Crippen molar-refractivity contribution in [2.45, 2.75) is 0 Å². The number of nitrogens with one attached hydrogen (secondary N) is 1. The number of aromatic amines is 1. The molecule has 0 unspecified atom stereocenters. The maximum absolute atomic E-state index is 13.6. The van der Waals surface area contributed by atoms with Crippen molar-refractivity contribution in [3.63, 3.8) is 0 Å². The van der Waals surface area contributed by atoms with Crippen molar-refractivity contribution in [3.05, 3.63) is 47.7 Å². The van der Waals surface area contributed by atoms with E-state index in [0.29, 0.717) is 0 Å². The smallest absolute Gasteiger partial charge is 0.195 e. The lowest BCUT2D eigenvalue weighted by Crippen LogP contribution is -1.94. The van der Waals surface area contributed by atoms with Gasteiger partial charge in [0.1, 0.15) is 11.6 Å². The highest BCUT2D eigenvalue weighted by Gasteiger charge is 2.17. The summed E-state index contributed by atoms with van der Waals surface area (Å²) in [5, 5.41) is 0. The van der Waals surface area contributed by atoms with Crippen molar-refractivity contribution in [2.75, 3.05) is 0 Å². The highest BCUT2D eigenvalue weighted by atomic mass is 19.2. The molecule has 0 aliphatic rings. The lowest BCUT2D eigenvalue weighted by atomic mass is 10.2. The van der Waals surface area contributed by atoms with E-state index >= 15 is 0 Å². The highest BCUT2D eigenvalue weighted by molar-refractivity contribution is 5.75. The Bertz CT molecular complexity index is 782. The number of fused-ring (bicyclic) bond motifs is 1. The highest BCUT2D eigenvalue weighted by Crippen LogP contribution is 2.25. The fourth-order valence-corrected chi connectivity index (χ4v) is 1.71. The van der Waals surface area contributed by atoms with Gasteiger partial charge in [-0.2, -0.15) is 0 Å². The quantitative estimate of drug-likeness (QED) is 0.543. The van der Waals surface area contributed by atoms with E-state index in [1.54, 1.807) is 0 Å². The molecule has 0 amide bonds. The molecule has 2 heterocycles. The van der Waals surface area contributed by atoms with Gasteiger partial charge in [-0.3, -0.25) is 0 Å². The summed E-state index contributed by atoms with van der Waals surface area (Å²) in [6, 6.07) is 2.95. The topological polar surface area (TPSA) is 41.6 Å². The fraction of sp³-hybridized carbons (Fsp3) is 0. The van der Waals surface area contributed by atoms with Crippen LogP contribution in [0, 0.1) is 23.3 Å². The van der Waals surface area contributed by atoms with Crippen LogP contribution >= 0.6 is 0 Å². The second kappa shape index (κ2) is 4.04. The molecule has 0 saturated heterocycles. The van der Waals surface area contributed by atoms with E-state index in [-0.39, 0.29) is 22.6 Å². The van der Waals surface area contributed by atoms with E-state index in [1.807, 2.05) is 0 Å². The van der Waals surface area contributed by atoms with E-state index in [4.69, 9.17) is 0 Å². The van der Waals surface area contributed by atoms with Gasteiger partial charge in [-0.15, -0.1) is 0 Å². The third-order valence-electron chi connectivity index (χ3n) is 2.59. The SMILES string of the molecule is Fc1cnc2nc(-c3ccc(F)c(F)c3F)[nH]c2c1. The number of hydrogen-bond acceptors (Lipinski definition) is 2. The summed E-state index contributed by atoms with van der Waals surface area (Å²) in [6.45, 7) is 0. The molecule has 7 heteroatoms. The van der Waals surface area contributed by atoms with Crippen LogP contribution in [0.2, 0.25) is 0 Å². The second-order valence-electron chi connectivity index (χ2n) is 3.83. The number of aromatic nitrogens is 3. The first-order valence-corrected chi connectivity index (χ1v) is 5.21. The third-order valence-corrected chi connectivity index (χ3v) is 2.59. The number of H-pyrrole nitrogens is 1. The largest absolute Gasteiger partial charge is 0.336 e. The molecule has 0 aliphatic carbocycles. The van der Waals surface area contributed by atoms with Gasteiger partial charge in [-0.05, 0) is 12.1 Å². The summed E-state index contributed by atoms with van der Waals surface area (Å²) in [5.74, 6) is -4.88. The molecule has 0 bridgehead atoms. The minimum absolute atomic E-state index is 0.0514. The van der Waals surface area contributed by atoms with E-state index in [2.05, 4.69) is 15.0 Å². The van der Waals surface area contributed by atoms with Crippen LogP contribution in [0.3, 0.4) is 0 Å². The monoisotopic (exact) mass is 267 g/mol. The van der Waals surface area contributed by atoms with Gasteiger partial charge < -0.3 is 4.98 Å². The van der Waals surface area contributed by atoms with Crippen LogP contribution in [0.1, 0.15) is 0 Å². The van der Waals surface area contributed by atoms with Gasteiger partial charge in [0.25, 0.3) is 0 Å². The number of nitrogens with zero attached hydrogens (tertiary/aromatic N) is 2. The zero-order valence-corrected chi connectivity index (χ0v) is 9.22. The molecule has 0 saturated carbocycles. The van der Waals surface area contributed by atoms with Gasteiger partial charge in [0, 0.05) is 6.07 Å². The Morgan fingerprint density at radius 2 is 1.79 bits per heavy atom. The minimum atomic E-state index is -1.59. The summed E-state index contributed by atoms with van der Waals surface area (Å²) in [5.41, 5.74) is 0.136. The molecule has 0 aliphatic heterocycles. The zero-order valence-electron chi connectivity index (χ0n) is 9.22. The predicted molar refractivity (Wildman–Crippen MR) is 59.2 cm³/mol. The average molecular weight is 267 g/mol. The van der Waals surface area contributed by atoms with Gasteiger partial charge in [-0.1, -0.05) is 0 Å². The molecule has 1 aromatic carbocycles. The molecular formula is C12H5F4N3. The molecule has 3 rings (SSSR count). The minimum Gasteiger partial charge on any atom is -0.336 e. The molecule has 1 N–H and O–H groups in total. The molecule has 19 heavy (non-hydrogen) atoms. The predicted octanol–water partition coefficient (Wildman–Crippen LogP) is 3.18. The van der Waals surface area contributed by atoms with E-state index in [0.717, 1.165) is 24.4 Å². The lowest BCUT2D eigenvalue weighted by molar-refractivity contribution is 0.448. The summed E-state index contributed by atoms with van der Waals surface area (Å²) >= 11 is 0. The van der Waals surface area contributed by atoms with Crippen molar-refractivity contribution >= 4 is 11.2 Å². The molecule has 0 atom stereocenters. The van der Waals surface area contributed by atoms with Gasteiger partial charge in [0.05, 0.1) is 17.3 Å². The van der Waals surface area contributed by atoms with Crippen molar-refractivity contribution in [1.29, 1.82) is 0 Å². The first kappa shape index (κ1) is 11.6. The van der Waals surface area contributed by atoms with Crippen LogP contribution in [-0.2, 0) is 0 Å². The number of imidazole rings is 1. The normalized spacial score (nSPS) is 11.2. The van der Waals surface area contributed by atoms with Crippen LogP contribution < -0.4 is 0 Å². The standard InChI is InChI=1S/C12H5F4N3/c13-5-3-8-12(17-4-5)19-11(18-8)6-1-2-7(14)10(16)9(6)15/h1-4H,(H,17,18,19). The van der Waals surface area contributed by atoms with Gasteiger partial charge >= 0.3 is 0 Å². The van der Waals surface area contributed by atoms with E-state index < -0.39 is 23.3 Å². The van der Waals surface area contributed by atoms with Crippen molar-refractivity contribution in [3.8, 4) is 11.4 Å². The Balaban J connectivity index is 2.22. The van der Waals surface area contributed by atoms with Gasteiger partial charge in [-0.25, -0.2) is 27.5 Å². The maximum atomic E-state index is 13.6. The number of benzene rings is 1. The third kappa shape index (κ3) is 1.83. The van der Waals surface area contributed by atoms with E-state index in [1.165, 1.54) is 0 Å². The Morgan fingerprint density at radius 1 is 1.00 bits per heavy atom. The number of rotatable bonds is 1. The van der Waals surface area contributed by atoms with Crippen LogP contribution in [0.4, 0.5) is 17.6 Å². The number of hydrogen-bond donors (Lipinski definition) is 1. The van der Waals surface area contributed by atoms with Crippen LogP contribution in [-0.4, -0.2) is 15.0 Å². The Morgan fingerprint density at radius 3 is 2.58 bits per heavy atom. The summed E-state index contributed by atoms with van der Waals surface area (Å²) in [7, 11) is 0. The average Bonchev–Trinajstić information content (AvgIpc) is 2.78. The van der Waals surface area contributed by atoms with Gasteiger partial charge in [0.2, 0.25) is 0 Å². The molecule has 3 aromatic rings. The molecule has 96 valence electrons. The summed E-state index contributed by atoms with van der Waals surface area (Å²) in [4.78, 5) is 10.2. The Labute approximate surface area is 103 Å². The Kier molecular flexibility index (Phi) is 2.48. The van der Waals surface area contributed by atoms with E-state index in [9.17, 15) is 17.6 Å². The van der Waals surface area contributed by atoms with Crippen LogP contribution in [0.5, 0.6) is 0 Å². The molecule has 0 radical (unpaired) electrons. The molecular weight excluding hydrogens is 262 g/mol. The maximum Gasteiger partial charge on any atom is 0.195 e. The van der Waals surface area contributed by atoms with Crippen LogP contribution in [0.25, 0.3) is 22.6 Å². The molecule has 3 nitrogen and oxygen atoms in total. The first-order valence-electron chi connectivity index (χ1n) is 5.21. The second-order valence-corrected chi connectivity index (χ2v) is 3.83. The summed E-state index contributed by atoms with van der Waals surface area (Å²) in [6.07, 6.45) is 0.953. The summed E-state index contributed by atoms with van der Waals surface area (Å²) < 4.78 is 52.5. The van der Waals surface area contributed by atoms with Crippen molar-refractivity contribution in [1.82, 2.24) is 15.0 Å². The van der Waals surface area contributed by atoms with Crippen molar-refractivity contribution in [2.24, 2.45) is 0 Å². The van der Waals surface area contributed by atoms with Gasteiger partial charge in [0.15, 0.2) is 23.1 Å². The zero-order chi connectivity index (χ0) is 13.6. The first-order chi connectivity index (χ1) is 9.06. The fourth-order valence-electron chi connectivity index (χ4n) is 1.71. The Hall–Kier alpha value is -2.44.